The number of hydrogen-bond donors (Lipinski definition) is 0. The summed E-state index contributed by atoms with van der Waals surface area (Å²) in [4.78, 5) is 0. The normalized spacial score (nSPS) is 20.9. The molecule has 104 valence electrons. The van der Waals surface area contributed by atoms with Gasteiger partial charge in [0.2, 0.25) is 0 Å². The van der Waals surface area contributed by atoms with E-state index < -0.39 is 21.2 Å². The number of rotatable bonds is 2. The molecule has 0 spiro atoms. The maximum Gasteiger partial charge on any atom is 0.523 e. The predicted molar refractivity (Wildman–Crippen MR) is 61.2 cm³/mol. The number of hydrogen-bond acceptors (Lipinski definition) is 3. The van der Waals surface area contributed by atoms with Crippen molar-refractivity contribution in [1.29, 1.82) is 0 Å². The second kappa shape index (κ2) is 4.09. The van der Waals surface area contributed by atoms with E-state index in [4.69, 9.17) is 0 Å². The molecule has 1 aliphatic carbocycles. The highest BCUT2D eigenvalue weighted by atomic mass is 32.2. The molecule has 7 heteroatoms. The molecule has 1 rings (SSSR count). The van der Waals surface area contributed by atoms with Crippen molar-refractivity contribution < 1.29 is 25.8 Å². The molecule has 0 atom stereocenters. The maximum atomic E-state index is 12.4. The Bertz CT molecular complexity index is 514. The summed E-state index contributed by atoms with van der Waals surface area (Å²) in [6.45, 7) is 7.93. The van der Waals surface area contributed by atoms with Gasteiger partial charge in [-0.2, -0.15) is 21.6 Å². The fraction of sp³-hybridized carbons (Fsp3) is 0.636. The van der Waals surface area contributed by atoms with Gasteiger partial charge in [-0.1, -0.05) is 0 Å². The van der Waals surface area contributed by atoms with E-state index in [-0.39, 0.29) is 0 Å². The summed E-state index contributed by atoms with van der Waals surface area (Å²) in [6.07, 6.45) is 0. The molecule has 0 heterocycles. The van der Waals surface area contributed by atoms with Crippen molar-refractivity contribution in [2.24, 2.45) is 0 Å². The van der Waals surface area contributed by atoms with E-state index in [1.54, 1.807) is 27.7 Å². The van der Waals surface area contributed by atoms with Crippen LogP contribution < -0.4 is 0 Å². The Morgan fingerprint density at radius 1 is 1.00 bits per heavy atom. The smallest absolute Gasteiger partial charge is 0.248 e. The van der Waals surface area contributed by atoms with E-state index in [0.29, 0.717) is 11.1 Å². The van der Waals surface area contributed by atoms with Crippen LogP contribution in [0, 0.1) is 0 Å². The van der Waals surface area contributed by atoms with Crippen LogP contribution in [-0.4, -0.2) is 19.5 Å². The molecular formula is C11H15F3O3S. The van der Waals surface area contributed by atoms with Gasteiger partial charge in [0, 0.05) is 0 Å². The van der Waals surface area contributed by atoms with Crippen LogP contribution in [0.4, 0.5) is 13.2 Å². The van der Waals surface area contributed by atoms with Crippen LogP contribution in [0.25, 0.3) is 0 Å². The first kappa shape index (κ1) is 15.2. The molecule has 0 amide bonds. The minimum atomic E-state index is -5.62. The first-order valence-electron chi connectivity index (χ1n) is 5.23. The summed E-state index contributed by atoms with van der Waals surface area (Å²) < 4.78 is 63.8. The molecular weight excluding hydrogens is 269 g/mol. The summed E-state index contributed by atoms with van der Waals surface area (Å²) in [5.41, 5.74) is -4.50. The summed E-state index contributed by atoms with van der Waals surface area (Å²) in [5.74, 6) is 0. The molecule has 3 nitrogen and oxygen atoms in total. The van der Waals surface area contributed by atoms with Crippen LogP contribution in [0.1, 0.15) is 34.6 Å². The average molecular weight is 284 g/mol. The van der Waals surface area contributed by atoms with E-state index in [1.807, 2.05) is 0 Å². The fourth-order valence-electron chi connectivity index (χ4n) is 1.95. The Labute approximate surface area is 104 Å². The summed E-state index contributed by atoms with van der Waals surface area (Å²) in [7, 11) is -5.62. The lowest BCUT2D eigenvalue weighted by Crippen LogP contribution is -2.38. The Balaban J connectivity index is 3.29. The van der Waals surface area contributed by atoms with Crippen LogP contribution in [-0.2, 0) is 14.3 Å². The highest BCUT2D eigenvalue weighted by molar-refractivity contribution is 7.87. The molecule has 0 aromatic carbocycles. The molecule has 1 aliphatic rings. The zero-order chi connectivity index (χ0) is 14.5. The Hall–Kier alpha value is -0.820. The predicted octanol–water partition coefficient (Wildman–Crippen LogP) is 3.30. The average Bonchev–Trinajstić information content (AvgIpc) is 2.33. The molecule has 0 saturated carbocycles. The second-order valence-corrected chi connectivity index (χ2v) is 6.05. The quantitative estimate of drug-likeness (QED) is 0.577. The molecule has 0 bridgehead atoms. The summed E-state index contributed by atoms with van der Waals surface area (Å²) in [5, 5.41) is 0. The maximum absolute atomic E-state index is 12.4. The molecule has 0 saturated heterocycles. The van der Waals surface area contributed by atoms with Gasteiger partial charge in [0.05, 0.1) is 0 Å². The fourth-order valence-corrected chi connectivity index (χ4v) is 2.73. The van der Waals surface area contributed by atoms with Gasteiger partial charge in [-0.15, -0.1) is 0 Å². The monoisotopic (exact) mass is 284 g/mol. The van der Waals surface area contributed by atoms with Crippen molar-refractivity contribution >= 4 is 10.1 Å². The molecule has 0 radical (unpaired) electrons. The van der Waals surface area contributed by atoms with Crippen molar-refractivity contribution in [3.63, 3.8) is 0 Å². The zero-order valence-electron chi connectivity index (χ0n) is 10.8. The van der Waals surface area contributed by atoms with Crippen LogP contribution >= 0.6 is 0 Å². The van der Waals surface area contributed by atoms with Crippen molar-refractivity contribution in [2.75, 3.05) is 0 Å². The molecule has 18 heavy (non-hydrogen) atoms. The lowest BCUT2D eigenvalue weighted by atomic mass is 9.94. The van der Waals surface area contributed by atoms with Crippen molar-refractivity contribution in [3.8, 4) is 0 Å². The van der Waals surface area contributed by atoms with Gasteiger partial charge in [-0.05, 0) is 56.9 Å². The highest BCUT2D eigenvalue weighted by Crippen LogP contribution is 2.44. The van der Waals surface area contributed by atoms with Crippen molar-refractivity contribution in [2.45, 2.75) is 45.7 Å². The van der Waals surface area contributed by atoms with Crippen molar-refractivity contribution in [3.05, 3.63) is 22.3 Å². The first-order valence-corrected chi connectivity index (χ1v) is 6.63. The molecule has 0 aromatic rings. The van der Waals surface area contributed by atoms with E-state index in [0.717, 1.165) is 11.1 Å². The van der Waals surface area contributed by atoms with E-state index in [1.165, 1.54) is 6.92 Å². The first-order chi connectivity index (χ1) is 7.84. The number of halogens is 3. The zero-order valence-corrected chi connectivity index (χ0v) is 11.6. The lowest BCUT2D eigenvalue weighted by Gasteiger charge is -2.28. The lowest BCUT2D eigenvalue weighted by molar-refractivity contribution is -0.0590. The Kier molecular flexibility index (Phi) is 3.47. The van der Waals surface area contributed by atoms with Gasteiger partial charge >= 0.3 is 15.6 Å². The molecule has 0 unspecified atom stereocenters. The SMILES string of the molecule is CC1=C(C)C(C)(OS(=O)(=O)C(F)(F)F)C(C)=C1C. The van der Waals surface area contributed by atoms with Gasteiger partial charge in [0.15, 0.2) is 0 Å². The molecule has 0 aromatic heterocycles. The van der Waals surface area contributed by atoms with Gasteiger partial charge in [0.1, 0.15) is 5.60 Å². The van der Waals surface area contributed by atoms with Gasteiger partial charge in [0.25, 0.3) is 0 Å². The van der Waals surface area contributed by atoms with Crippen molar-refractivity contribution in [1.82, 2.24) is 0 Å². The largest absolute Gasteiger partial charge is 0.523 e. The van der Waals surface area contributed by atoms with Gasteiger partial charge < -0.3 is 0 Å². The minimum absolute atomic E-state index is 0.477. The van der Waals surface area contributed by atoms with Crippen LogP contribution in [0.3, 0.4) is 0 Å². The molecule has 0 N–H and O–H groups in total. The molecule has 0 fully saturated rings. The second-order valence-electron chi connectivity index (χ2n) is 4.52. The van der Waals surface area contributed by atoms with E-state index in [9.17, 15) is 21.6 Å². The topological polar surface area (TPSA) is 43.4 Å². The Morgan fingerprint density at radius 2 is 1.33 bits per heavy atom. The van der Waals surface area contributed by atoms with E-state index >= 15 is 0 Å². The number of alkyl halides is 3. The molecule has 0 aliphatic heterocycles. The van der Waals surface area contributed by atoms with Crippen LogP contribution in [0.5, 0.6) is 0 Å². The third-order valence-electron chi connectivity index (χ3n) is 3.68. The van der Waals surface area contributed by atoms with E-state index in [2.05, 4.69) is 4.18 Å². The Morgan fingerprint density at radius 3 is 1.61 bits per heavy atom. The minimum Gasteiger partial charge on any atom is -0.248 e. The van der Waals surface area contributed by atoms with Crippen LogP contribution in [0.15, 0.2) is 22.3 Å². The highest BCUT2D eigenvalue weighted by Gasteiger charge is 2.53. The summed E-state index contributed by atoms with van der Waals surface area (Å²) in [6, 6.07) is 0. The third kappa shape index (κ3) is 2.09. The third-order valence-corrected chi connectivity index (χ3v) is 4.80. The van der Waals surface area contributed by atoms with Gasteiger partial charge in [-0.25, -0.2) is 4.18 Å². The van der Waals surface area contributed by atoms with Crippen LogP contribution in [0.2, 0.25) is 0 Å². The standard InChI is InChI=1S/C11H15F3O3S/c1-6-7(2)9(4)10(5,8(6)3)17-18(15,16)11(12,13)14/h1-5H3. The number of allylic oxidation sites excluding steroid dienone is 2. The summed E-state index contributed by atoms with van der Waals surface area (Å²) >= 11 is 0. The van der Waals surface area contributed by atoms with Gasteiger partial charge in [-0.3, -0.25) is 0 Å².